The minimum atomic E-state index is -0.401. The molecule has 2 aromatic rings. The van der Waals surface area contributed by atoms with E-state index in [-0.39, 0.29) is 0 Å². The topological polar surface area (TPSA) is 62.7 Å². The molecule has 5 nitrogen and oxygen atoms in total. The van der Waals surface area contributed by atoms with E-state index in [0.717, 1.165) is 5.56 Å². The molecule has 2 aromatic carbocycles. The molecule has 0 saturated heterocycles. The van der Waals surface area contributed by atoms with Crippen LogP contribution >= 0.6 is 0 Å². The van der Waals surface area contributed by atoms with Gasteiger partial charge in [-0.15, -0.1) is 0 Å². The molecular weight excluding hydrogens is 254 g/mol. The van der Waals surface area contributed by atoms with Gasteiger partial charge in [0, 0.05) is 11.3 Å². The molecule has 0 bridgehead atoms. The summed E-state index contributed by atoms with van der Waals surface area (Å²) in [5, 5.41) is 6.54. The molecule has 102 valence electrons. The normalized spacial score (nSPS) is 10.2. The third-order valence-corrected chi connectivity index (χ3v) is 2.54. The summed E-state index contributed by atoms with van der Waals surface area (Å²) in [6, 6.07) is 16.2. The van der Waals surface area contributed by atoms with Crippen molar-refractivity contribution in [2.24, 2.45) is 5.10 Å². The molecule has 0 aliphatic rings. The summed E-state index contributed by atoms with van der Waals surface area (Å²) in [7, 11) is 1.59. The average Bonchev–Trinajstić information content (AvgIpc) is 2.49. The second kappa shape index (κ2) is 6.94. The third kappa shape index (κ3) is 3.84. The van der Waals surface area contributed by atoms with Crippen LogP contribution in [0.25, 0.3) is 0 Å². The van der Waals surface area contributed by atoms with Gasteiger partial charge >= 0.3 is 6.03 Å². The van der Waals surface area contributed by atoms with Crippen molar-refractivity contribution >= 4 is 17.9 Å². The van der Waals surface area contributed by atoms with Gasteiger partial charge in [0.2, 0.25) is 0 Å². The van der Waals surface area contributed by atoms with Crippen molar-refractivity contribution in [2.75, 3.05) is 12.4 Å². The van der Waals surface area contributed by atoms with Gasteiger partial charge in [0.1, 0.15) is 5.75 Å². The zero-order valence-electron chi connectivity index (χ0n) is 11.0. The van der Waals surface area contributed by atoms with Crippen molar-refractivity contribution in [3.63, 3.8) is 0 Å². The third-order valence-electron chi connectivity index (χ3n) is 2.54. The minimum Gasteiger partial charge on any atom is -0.496 e. The predicted octanol–water partition coefficient (Wildman–Crippen LogP) is 2.85. The number of benzene rings is 2. The van der Waals surface area contributed by atoms with E-state index in [4.69, 9.17) is 4.74 Å². The number of hydrogen-bond acceptors (Lipinski definition) is 3. The van der Waals surface area contributed by atoms with Crippen LogP contribution in [-0.2, 0) is 0 Å². The monoisotopic (exact) mass is 269 g/mol. The first-order chi connectivity index (χ1) is 9.79. The van der Waals surface area contributed by atoms with Crippen molar-refractivity contribution in [1.29, 1.82) is 0 Å². The predicted molar refractivity (Wildman–Crippen MR) is 79.2 cm³/mol. The summed E-state index contributed by atoms with van der Waals surface area (Å²) < 4.78 is 5.18. The van der Waals surface area contributed by atoms with E-state index >= 15 is 0 Å². The van der Waals surface area contributed by atoms with Gasteiger partial charge in [-0.3, -0.25) is 0 Å². The van der Waals surface area contributed by atoms with Crippen molar-refractivity contribution in [2.45, 2.75) is 0 Å². The van der Waals surface area contributed by atoms with Gasteiger partial charge in [0.25, 0.3) is 0 Å². The summed E-state index contributed by atoms with van der Waals surface area (Å²) in [6.07, 6.45) is 1.53. The molecule has 0 heterocycles. The number of amides is 2. The highest BCUT2D eigenvalue weighted by Crippen LogP contribution is 2.14. The number of anilines is 1. The average molecular weight is 269 g/mol. The van der Waals surface area contributed by atoms with Crippen LogP contribution in [0.3, 0.4) is 0 Å². The Hall–Kier alpha value is -2.82. The number of carbonyl (C=O) groups excluding carboxylic acids is 1. The molecular formula is C15H15N3O2. The summed E-state index contributed by atoms with van der Waals surface area (Å²) in [5.74, 6) is 0.696. The zero-order valence-corrected chi connectivity index (χ0v) is 11.0. The molecule has 0 unspecified atom stereocenters. The van der Waals surface area contributed by atoms with Gasteiger partial charge in [-0.2, -0.15) is 5.10 Å². The highest BCUT2D eigenvalue weighted by atomic mass is 16.5. The first kappa shape index (κ1) is 13.6. The SMILES string of the molecule is COc1ccccc1/C=N\NC(=O)Nc1ccccc1. The number of hydrazone groups is 1. The van der Waals surface area contributed by atoms with Gasteiger partial charge in [-0.25, -0.2) is 10.2 Å². The van der Waals surface area contributed by atoms with Crippen LogP contribution in [0, 0.1) is 0 Å². The Morgan fingerprint density at radius 1 is 1.10 bits per heavy atom. The number of urea groups is 1. The van der Waals surface area contributed by atoms with Gasteiger partial charge in [-0.1, -0.05) is 30.3 Å². The lowest BCUT2D eigenvalue weighted by atomic mass is 10.2. The molecule has 5 heteroatoms. The van der Waals surface area contributed by atoms with Gasteiger partial charge in [0.05, 0.1) is 13.3 Å². The molecule has 2 amide bonds. The molecule has 0 aliphatic carbocycles. The molecule has 2 rings (SSSR count). The molecule has 0 aliphatic heterocycles. The second-order valence-corrected chi connectivity index (χ2v) is 3.93. The van der Waals surface area contributed by atoms with Gasteiger partial charge < -0.3 is 10.1 Å². The van der Waals surface area contributed by atoms with Crippen LogP contribution in [0.2, 0.25) is 0 Å². The van der Waals surface area contributed by atoms with E-state index in [1.165, 1.54) is 6.21 Å². The smallest absolute Gasteiger partial charge is 0.339 e. The second-order valence-electron chi connectivity index (χ2n) is 3.93. The number of methoxy groups -OCH3 is 1. The van der Waals surface area contributed by atoms with E-state index in [1.54, 1.807) is 19.2 Å². The van der Waals surface area contributed by atoms with E-state index in [2.05, 4.69) is 15.8 Å². The number of ether oxygens (including phenoxy) is 1. The molecule has 0 atom stereocenters. The van der Waals surface area contributed by atoms with Gasteiger partial charge in [0.15, 0.2) is 0 Å². The van der Waals surface area contributed by atoms with Crippen molar-refractivity contribution in [1.82, 2.24) is 5.43 Å². The largest absolute Gasteiger partial charge is 0.496 e. The number of hydrogen-bond donors (Lipinski definition) is 2. The fraction of sp³-hybridized carbons (Fsp3) is 0.0667. The summed E-state index contributed by atoms with van der Waals surface area (Å²) in [6.45, 7) is 0. The van der Waals surface area contributed by atoms with Crippen LogP contribution in [0.15, 0.2) is 59.7 Å². The summed E-state index contributed by atoms with van der Waals surface area (Å²) >= 11 is 0. The van der Waals surface area contributed by atoms with E-state index in [0.29, 0.717) is 11.4 Å². The Bertz CT molecular complexity index is 597. The first-order valence-electron chi connectivity index (χ1n) is 6.08. The van der Waals surface area contributed by atoms with Crippen LogP contribution in [0.5, 0.6) is 5.75 Å². The lowest BCUT2D eigenvalue weighted by Gasteiger charge is -2.04. The molecule has 0 radical (unpaired) electrons. The Morgan fingerprint density at radius 2 is 1.80 bits per heavy atom. The standard InChI is InChI=1S/C15H15N3O2/c1-20-14-10-6-5-7-12(14)11-16-18-15(19)17-13-8-3-2-4-9-13/h2-11H,1H3,(H2,17,18,19)/b16-11-. The van der Waals surface area contributed by atoms with Crippen molar-refractivity contribution in [3.8, 4) is 5.75 Å². The fourth-order valence-electron chi connectivity index (χ4n) is 1.61. The molecule has 0 fully saturated rings. The molecule has 0 spiro atoms. The lowest BCUT2D eigenvalue weighted by Crippen LogP contribution is -2.24. The Labute approximate surface area is 117 Å². The number of nitrogens with one attached hydrogen (secondary N) is 2. The zero-order chi connectivity index (χ0) is 14.2. The number of para-hydroxylation sites is 2. The molecule has 0 aromatic heterocycles. The number of rotatable bonds is 4. The highest BCUT2D eigenvalue weighted by molar-refractivity contribution is 5.90. The van der Waals surface area contributed by atoms with E-state index < -0.39 is 6.03 Å². The number of nitrogens with zero attached hydrogens (tertiary/aromatic N) is 1. The summed E-state index contributed by atoms with van der Waals surface area (Å²) in [4.78, 5) is 11.6. The Morgan fingerprint density at radius 3 is 2.55 bits per heavy atom. The maximum Gasteiger partial charge on any atom is 0.339 e. The highest BCUT2D eigenvalue weighted by Gasteiger charge is 2.00. The fourth-order valence-corrected chi connectivity index (χ4v) is 1.61. The van der Waals surface area contributed by atoms with Crippen molar-refractivity contribution < 1.29 is 9.53 Å². The van der Waals surface area contributed by atoms with E-state index in [1.807, 2.05) is 42.5 Å². The maximum absolute atomic E-state index is 11.6. The summed E-state index contributed by atoms with van der Waals surface area (Å²) in [5.41, 5.74) is 3.89. The number of carbonyl (C=O) groups is 1. The van der Waals surface area contributed by atoms with Crippen LogP contribution in [0.1, 0.15) is 5.56 Å². The Kier molecular flexibility index (Phi) is 4.72. The molecule has 2 N–H and O–H groups in total. The van der Waals surface area contributed by atoms with Crippen LogP contribution in [0.4, 0.5) is 10.5 Å². The minimum absolute atomic E-state index is 0.401. The first-order valence-corrected chi connectivity index (χ1v) is 6.08. The quantitative estimate of drug-likeness (QED) is 0.662. The van der Waals surface area contributed by atoms with Crippen LogP contribution in [-0.4, -0.2) is 19.4 Å². The van der Waals surface area contributed by atoms with Gasteiger partial charge in [-0.05, 0) is 24.3 Å². The molecule has 20 heavy (non-hydrogen) atoms. The maximum atomic E-state index is 11.6. The van der Waals surface area contributed by atoms with Crippen LogP contribution < -0.4 is 15.5 Å². The molecule has 0 saturated carbocycles. The van der Waals surface area contributed by atoms with E-state index in [9.17, 15) is 4.79 Å². The lowest BCUT2D eigenvalue weighted by molar-refractivity contribution is 0.252. The Balaban J connectivity index is 1.91. The van der Waals surface area contributed by atoms with Crippen molar-refractivity contribution in [3.05, 3.63) is 60.2 Å².